The van der Waals surface area contributed by atoms with Crippen LogP contribution in [0.3, 0.4) is 0 Å². The quantitative estimate of drug-likeness (QED) is 0.808. The van der Waals surface area contributed by atoms with E-state index in [-0.39, 0.29) is 36.4 Å². The number of nitrogens with one attached hydrogen (secondary N) is 1. The molecule has 1 unspecified atom stereocenters. The number of amides is 1. The summed E-state index contributed by atoms with van der Waals surface area (Å²) in [4.78, 5) is 28.1. The summed E-state index contributed by atoms with van der Waals surface area (Å²) in [5, 5.41) is 2.95. The standard InChI is InChI=1S/C13H18N2O5S2/c1-3-20-12(17)11-8(2)14-13(21-11)15-10(16)6-9-4-5-22(18,19)7-9/h9H,3-7H2,1-2H3,(H,14,15,16). The van der Waals surface area contributed by atoms with Crippen molar-refractivity contribution in [2.45, 2.75) is 26.7 Å². The Kier molecular flexibility index (Phi) is 5.17. The van der Waals surface area contributed by atoms with Crippen LogP contribution in [0.2, 0.25) is 0 Å². The van der Waals surface area contributed by atoms with Crippen LogP contribution in [-0.2, 0) is 19.4 Å². The fourth-order valence-corrected chi connectivity index (χ4v) is 5.04. The minimum atomic E-state index is -2.99. The molecule has 0 spiro atoms. The van der Waals surface area contributed by atoms with Crippen LogP contribution in [0.4, 0.5) is 5.13 Å². The Hall–Kier alpha value is -1.48. The molecule has 1 amide bonds. The number of carbonyl (C=O) groups excluding carboxylic acids is 2. The highest BCUT2D eigenvalue weighted by molar-refractivity contribution is 7.91. The van der Waals surface area contributed by atoms with Crippen molar-refractivity contribution in [3.8, 4) is 0 Å². The van der Waals surface area contributed by atoms with Crippen LogP contribution in [0.1, 0.15) is 35.1 Å². The Morgan fingerprint density at radius 3 is 2.77 bits per heavy atom. The molecule has 122 valence electrons. The van der Waals surface area contributed by atoms with Gasteiger partial charge >= 0.3 is 5.97 Å². The maximum absolute atomic E-state index is 11.9. The second-order valence-electron chi connectivity index (χ2n) is 5.18. The Morgan fingerprint density at radius 1 is 1.45 bits per heavy atom. The number of sulfone groups is 1. The van der Waals surface area contributed by atoms with Gasteiger partial charge in [0.05, 0.1) is 23.8 Å². The van der Waals surface area contributed by atoms with Crippen molar-refractivity contribution >= 4 is 38.2 Å². The molecule has 1 aromatic heterocycles. The fraction of sp³-hybridized carbons (Fsp3) is 0.615. The van der Waals surface area contributed by atoms with E-state index in [1.807, 2.05) is 0 Å². The molecule has 9 heteroatoms. The van der Waals surface area contributed by atoms with Crippen molar-refractivity contribution in [1.29, 1.82) is 0 Å². The van der Waals surface area contributed by atoms with Crippen molar-refractivity contribution < 1.29 is 22.7 Å². The molecule has 0 aromatic carbocycles. The summed E-state index contributed by atoms with van der Waals surface area (Å²) >= 11 is 1.06. The molecule has 0 aliphatic carbocycles. The van der Waals surface area contributed by atoms with Crippen LogP contribution >= 0.6 is 11.3 Å². The van der Waals surface area contributed by atoms with E-state index in [2.05, 4.69) is 10.3 Å². The number of ether oxygens (including phenoxy) is 1. The van der Waals surface area contributed by atoms with E-state index in [1.54, 1.807) is 13.8 Å². The number of esters is 1. The molecular weight excluding hydrogens is 328 g/mol. The zero-order valence-corrected chi connectivity index (χ0v) is 14.1. The van der Waals surface area contributed by atoms with Gasteiger partial charge in [0.25, 0.3) is 0 Å². The van der Waals surface area contributed by atoms with Gasteiger partial charge in [0, 0.05) is 6.42 Å². The van der Waals surface area contributed by atoms with Gasteiger partial charge in [-0.25, -0.2) is 18.2 Å². The lowest BCUT2D eigenvalue weighted by molar-refractivity contribution is -0.116. The van der Waals surface area contributed by atoms with Gasteiger partial charge in [0.15, 0.2) is 15.0 Å². The SMILES string of the molecule is CCOC(=O)c1sc(NC(=O)CC2CCS(=O)(=O)C2)nc1C. The Labute approximate surface area is 133 Å². The summed E-state index contributed by atoms with van der Waals surface area (Å²) in [5.74, 6) is -0.679. The highest BCUT2D eigenvalue weighted by Gasteiger charge is 2.29. The summed E-state index contributed by atoms with van der Waals surface area (Å²) in [5.41, 5.74) is 0.502. The van der Waals surface area contributed by atoms with E-state index in [0.717, 1.165) is 11.3 Å². The number of carbonyl (C=O) groups is 2. The summed E-state index contributed by atoms with van der Waals surface area (Å²) in [6.45, 7) is 3.66. The summed E-state index contributed by atoms with van der Waals surface area (Å²) in [6.07, 6.45) is 0.660. The predicted molar refractivity (Wildman–Crippen MR) is 82.8 cm³/mol. The lowest BCUT2D eigenvalue weighted by atomic mass is 10.1. The van der Waals surface area contributed by atoms with Crippen molar-refractivity contribution in [2.24, 2.45) is 5.92 Å². The third-order valence-electron chi connectivity index (χ3n) is 3.30. The molecule has 0 radical (unpaired) electrons. The monoisotopic (exact) mass is 346 g/mol. The molecule has 1 aliphatic heterocycles. The van der Waals surface area contributed by atoms with Gasteiger partial charge in [-0.15, -0.1) is 0 Å². The van der Waals surface area contributed by atoms with Gasteiger partial charge in [-0.2, -0.15) is 0 Å². The molecule has 0 bridgehead atoms. The topological polar surface area (TPSA) is 102 Å². The highest BCUT2D eigenvalue weighted by Crippen LogP contribution is 2.25. The third-order valence-corrected chi connectivity index (χ3v) is 6.19. The Bertz CT molecular complexity index is 681. The number of aryl methyl sites for hydroxylation is 1. The molecule has 22 heavy (non-hydrogen) atoms. The maximum atomic E-state index is 11.9. The zero-order valence-electron chi connectivity index (χ0n) is 12.4. The molecule has 0 saturated carbocycles. The summed E-state index contributed by atoms with van der Waals surface area (Å²) < 4.78 is 27.7. The number of hydrogen-bond acceptors (Lipinski definition) is 7. The lowest BCUT2D eigenvalue weighted by Crippen LogP contribution is -2.17. The Morgan fingerprint density at radius 2 is 2.18 bits per heavy atom. The normalized spacial score (nSPS) is 19.8. The average Bonchev–Trinajstić information content (AvgIpc) is 2.92. The van der Waals surface area contributed by atoms with E-state index in [1.165, 1.54) is 0 Å². The van der Waals surface area contributed by atoms with Crippen LogP contribution in [0.25, 0.3) is 0 Å². The molecule has 7 nitrogen and oxygen atoms in total. The van der Waals surface area contributed by atoms with E-state index >= 15 is 0 Å². The van der Waals surface area contributed by atoms with Gasteiger partial charge in [-0.3, -0.25) is 4.79 Å². The fourth-order valence-electron chi connectivity index (χ4n) is 2.30. The minimum absolute atomic E-state index is 0.0609. The van der Waals surface area contributed by atoms with Crippen LogP contribution < -0.4 is 5.32 Å². The number of hydrogen-bond donors (Lipinski definition) is 1. The second-order valence-corrected chi connectivity index (χ2v) is 8.40. The molecule has 1 N–H and O–H groups in total. The molecule has 1 atom stereocenters. The first-order valence-corrected chi connectivity index (χ1v) is 9.59. The van der Waals surface area contributed by atoms with Crippen molar-refractivity contribution in [3.05, 3.63) is 10.6 Å². The van der Waals surface area contributed by atoms with Crippen LogP contribution in [0, 0.1) is 12.8 Å². The zero-order chi connectivity index (χ0) is 16.3. The smallest absolute Gasteiger partial charge is 0.350 e. The number of nitrogens with zero attached hydrogens (tertiary/aromatic N) is 1. The summed E-state index contributed by atoms with van der Waals surface area (Å²) in [6, 6.07) is 0. The first-order valence-electron chi connectivity index (χ1n) is 6.95. The van der Waals surface area contributed by atoms with E-state index in [9.17, 15) is 18.0 Å². The molecular formula is C13H18N2O5S2. The number of thiazole rings is 1. The van der Waals surface area contributed by atoms with Crippen LogP contribution in [0.15, 0.2) is 0 Å². The van der Waals surface area contributed by atoms with Gasteiger partial charge < -0.3 is 10.1 Å². The molecule has 2 rings (SSSR count). The van der Waals surface area contributed by atoms with E-state index in [4.69, 9.17) is 4.74 Å². The second kappa shape index (κ2) is 6.74. The highest BCUT2D eigenvalue weighted by atomic mass is 32.2. The Balaban J connectivity index is 1.95. The van der Waals surface area contributed by atoms with Gasteiger partial charge in [-0.05, 0) is 26.2 Å². The first-order chi connectivity index (χ1) is 10.3. The molecule has 1 saturated heterocycles. The average molecular weight is 346 g/mol. The van der Waals surface area contributed by atoms with Gasteiger partial charge in [-0.1, -0.05) is 11.3 Å². The number of anilines is 1. The van der Waals surface area contributed by atoms with Crippen molar-refractivity contribution in [3.63, 3.8) is 0 Å². The van der Waals surface area contributed by atoms with Crippen LogP contribution in [0.5, 0.6) is 0 Å². The van der Waals surface area contributed by atoms with Crippen LogP contribution in [-0.4, -0.2) is 43.4 Å². The number of rotatable bonds is 5. The lowest BCUT2D eigenvalue weighted by Gasteiger charge is -2.06. The van der Waals surface area contributed by atoms with E-state index in [0.29, 0.717) is 22.1 Å². The van der Waals surface area contributed by atoms with E-state index < -0.39 is 15.8 Å². The van der Waals surface area contributed by atoms with Gasteiger partial charge in [0.2, 0.25) is 5.91 Å². The minimum Gasteiger partial charge on any atom is -0.462 e. The molecule has 1 fully saturated rings. The molecule has 1 aliphatic rings. The van der Waals surface area contributed by atoms with Gasteiger partial charge in [0.1, 0.15) is 4.88 Å². The third kappa shape index (κ3) is 4.26. The molecule has 2 heterocycles. The molecule has 1 aromatic rings. The van der Waals surface area contributed by atoms with Crippen molar-refractivity contribution in [1.82, 2.24) is 4.98 Å². The van der Waals surface area contributed by atoms with Crippen molar-refractivity contribution in [2.75, 3.05) is 23.4 Å². The predicted octanol–water partition coefficient (Wildman–Crippen LogP) is 1.39. The summed E-state index contributed by atoms with van der Waals surface area (Å²) in [7, 11) is -2.99. The maximum Gasteiger partial charge on any atom is 0.350 e. The largest absolute Gasteiger partial charge is 0.462 e. The number of aromatic nitrogens is 1. The first kappa shape index (κ1) is 16.9.